The van der Waals surface area contributed by atoms with Crippen molar-refractivity contribution in [1.29, 1.82) is 0 Å². The molecule has 25 heavy (non-hydrogen) atoms. The fraction of sp³-hybridized carbons (Fsp3) is 0.450. The third-order valence-corrected chi connectivity index (χ3v) is 4.94. The van der Waals surface area contributed by atoms with Crippen LogP contribution in [0.2, 0.25) is 0 Å². The number of hydrogen-bond donors (Lipinski definition) is 0. The van der Waals surface area contributed by atoms with Crippen molar-refractivity contribution in [3.63, 3.8) is 0 Å². The van der Waals surface area contributed by atoms with E-state index >= 15 is 0 Å². The van der Waals surface area contributed by atoms with Gasteiger partial charge in [0.15, 0.2) is 0 Å². The van der Waals surface area contributed by atoms with Crippen LogP contribution in [-0.4, -0.2) is 65.7 Å². The van der Waals surface area contributed by atoms with E-state index in [0.717, 1.165) is 37.5 Å². The second-order valence-electron chi connectivity index (χ2n) is 6.78. The van der Waals surface area contributed by atoms with Gasteiger partial charge in [-0.25, -0.2) is 0 Å². The summed E-state index contributed by atoms with van der Waals surface area (Å²) in [5, 5.41) is 0. The molecule has 1 saturated heterocycles. The van der Waals surface area contributed by atoms with Gasteiger partial charge in [0.1, 0.15) is 0 Å². The van der Waals surface area contributed by atoms with E-state index in [1.165, 1.54) is 0 Å². The Labute approximate surface area is 149 Å². The van der Waals surface area contributed by atoms with Gasteiger partial charge in [0.2, 0.25) is 0 Å². The minimum atomic E-state index is 0.110. The zero-order valence-electron chi connectivity index (χ0n) is 15.3. The number of carbonyl (C=O) groups is 1. The largest absolute Gasteiger partial charge is 0.383 e. The van der Waals surface area contributed by atoms with Crippen molar-refractivity contribution in [2.45, 2.75) is 25.9 Å². The van der Waals surface area contributed by atoms with E-state index in [1.807, 2.05) is 58.3 Å². The summed E-state index contributed by atoms with van der Waals surface area (Å²) < 4.78 is 7.23. The maximum Gasteiger partial charge on any atom is 0.254 e. The van der Waals surface area contributed by atoms with Crippen molar-refractivity contribution in [3.05, 3.63) is 54.4 Å². The highest BCUT2D eigenvalue weighted by Gasteiger charge is 2.31. The number of aromatic nitrogens is 1. The van der Waals surface area contributed by atoms with Gasteiger partial charge in [0.05, 0.1) is 6.61 Å². The number of ether oxygens (including phenoxy) is 1. The Balaban J connectivity index is 1.73. The predicted molar refractivity (Wildman–Crippen MR) is 99.2 cm³/mol. The van der Waals surface area contributed by atoms with Crippen LogP contribution in [0.4, 0.5) is 0 Å². The van der Waals surface area contributed by atoms with Gasteiger partial charge in [0.25, 0.3) is 5.91 Å². The molecule has 1 amide bonds. The average molecular weight is 341 g/mol. The van der Waals surface area contributed by atoms with Crippen LogP contribution < -0.4 is 0 Å². The van der Waals surface area contributed by atoms with Crippen LogP contribution in [0.3, 0.4) is 0 Å². The van der Waals surface area contributed by atoms with E-state index in [9.17, 15) is 4.79 Å². The van der Waals surface area contributed by atoms with Gasteiger partial charge < -0.3 is 14.2 Å². The number of carbonyl (C=O) groups excluding carboxylic acids is 1. The second-order valence-corrected chi connectivity index (χ2v) is 6.78. The number of hydrogen-bond acceptors (Lipinski definition) is 3. The Hall–Kier alpha value is -2.11. The molecule has 1 aromatic heterocycles. The van der Waals surface area contributed by atoms with E-state index in [0.29, 0.717) is 12.1 Å². The monoisotopic (exact) mass is 341 g/mol. The van der Waals surface area contributed by atoms with Crippen LogP contribution in [0.15, 0.2) is 48.8 Å². The first-order chi connectivity index (χ1) is 12.1. The summed E-state index contributed by atoms with van der Waals surface area (Å²) in [5.41, 5.74) is 1.76. The first-order valence-corrected chi connectivity index (χ1v) is 8.87. The van der Waals surface area contributed by atoms with Gasteiger partial charge in [-0.15, -0.1) is 0 Å². The standard InChI is InChI=1S/C20H27N3O2/c1-16-14-22(15-17(2)23(16)11-12-25-3)20(24)18-7-6-8-19(13-18)21-9-4-5-10-21/h4-10,13,16-17H,11-12,14-15H2,1-3H3. The smallest absolute Gasteiger partial charge is 0.254 e. The van der Waals surface area contributed by atoms with Crippen LogP contribution in [-0.2, 0) is 4.74 Å². The highest BCUT2D eigenvalue weighted by Crippen LogP contribution is 2.19. The van der Waals surface area contributed by atoms with Crippen LogP contribution in [0.25, 0.3) is 5.69 Å². The lowest BCUT2D eigenvalue weighted by Crippen LogP contribution is -2.58. The van der Waals surface area contributed by atoms with Crippen molar-refractivity contribution >= 4 is 5.91 Å². The molecule has 2 unspecified atom stereocenters. The summed E-state index contributed by atoms with van der Waals surface area (Å²) >= 11 is 0. The number of nitrogens with zero attached hydrogens (tertiary/aromatic N) is 3. The maximum absolute atomic E-state index is 13.0. The number of piperazine rings is 1. The molecular formula is C20H27N3O2. The Morgan fingerprint density at radius 1 is 1.12 bits per heavy atom. The van der Waals surface area contributed by atoms with E-state index in [-0.39, 0.29) is 5.91 Å². The Morgan fingerprint density at radius 2 is 1.80 bits per heavy atom. The van der Waals surface area contributed by atoms with Gasteiger partial charge in [-0.2, -0.15) is 0 Å². The summed E-state index contributed by atoms with van der Waals surface area (Å²) in [4.78, 5) is 17.4. The van der Waals surface area contributed by atoms with Crippen molar-refractivity contribution in [3.8, 4) is 5.69 Å². The minimum Gasteiger partial charge on any atom is -0.383 e. The topological polar surface area (TPSA) is 37.7 Å². The fourth-order valence-electron chi connectivity index (χ4n) is 3.65. The van der Waals surface area contributed by atoms with Crippen LogP contribution in [0, 0.1) is 0 Å². The molecule has 2 aromatic rings. The molecule has 2 atom stereocenters. The van der Waals surface area contributed by atoms with Gasteiger partial charge in [-0.3, -0.25) is 9.69 Å². The molecule has 134 valence electrons. The van der Waals surface area contributed by atoms with Crippen LogP contribution >= 0.6 is 0 Å². The molecule has 0 bridgehead atoms. The van der Waals surface area contributed by atoms with Crippen molar-refractivity contribution in [1.82, 2.24) is 14.4 Å². The summed E-state index contributed by atoms with van der Waals surface area (Å²) in [5.74, 6) is 0.110. The molecule has 0 radical (unpaired) electrons. The zero-order valence-corrected chi connectivity index (χ0v) is 15.3. The van der Waals surface area contributed by atoms with Gasteiger partial charge >= 0.3 is 0 Å². The van der Waals surface area contributed by atoms with Gasteiger partial charge in [0, 0.05) is 62.5 Å². The summed E-state index contributed by atoms with van der Waals surface area (Å²) in [7, 11) is 1.73. The molecule has 0 aliphatic carbocycles. The third-order valence-electron chi connectivity index (χ3n) is 4.94. The SMILES string of the molecule is COCCN1C(C)CN(C(=O)c2cccc(-n3cccc3)c2)CC1C. The maximum atomic E-state index is 13.0. The Kier molecular flexibility index (Phi) is 5.56. The predicted octanol–water partition coefficient (Wildman–Crippen LogP) is 2.66. The molecule has 1 aliphatic heterocycles. The summed E-state index contributed by atoms with van der Waals surface area (Å²) in [6.07, 6.45) is 3.98. The molecule has 5 heteroatoms. The lowest BCUT2D eigenvalue weighted by atomic mass is 10.1. The number of benzene rings is 1. The number of amides is 1. The first-order valence-electron chi connectivity index (χ1n) is 8.87. The second kappa shape index (κ2) is 7.85. The lowest BCUT2D eigenvalue weighted by Gasteiger charge is -2.44. The van der Waals surface area contributed by atoms with Crippen molar-refractivity contribution in [2.24, 2.45) is 0 Å². The molecule has 2 heterocycles. The number of methoxy groups -OCH3 is 1. The van der Waals surface area contributed by atoms with Gasteiger partial charge in [-0.1, -0.05) is 6.07 Å². The Morgan fingerprint density at radius 3 is 2.44 bits per heavy atom. The minimum absolute atomic E-state index is 0.110. The van der Waals surface area contributed by atoms with E-state index in [1.54, 1.807) is 7.11 Å². The molecule has 0 saturated carbocycles. The highest BCUT2D eigenvalue weighted by molar-refractivity contribution is 5.95. The van der Waals surface area contributed by atoms with Gasteiger partial charge in [-0.05, 0) is 44.2 Å². The molecule has 1 aliphatic rings. The quantitative estimate of drug-likeness (QED) is 0.839. The fourth-order valence-corrected chi connectivity index (χ4v) is 3.65. The average Bonchev–Trinajstić information content (AvgIpc) is 3.15. The van der Waals surface area contributed by atoms with Crippen LogP contribution in [0.5, 0.6) is 0 Å². The normalized spacial score (nSPS) is 21.5. The molecule has 0 spiro atoms. The highest BCUT2D eigenvalue weighted by atomic mass is 16.5. The molecule has 0 N–H and O–H groups in total. The summed E-state index contributed by atoms with van der Waals surface area (Å²) in [6.45, 7) is 7.50. The molecule has 1 fully saturated rings. The van der Waals surface area contributed by atoms with Crippen LogP contribution in [0.1, 0.15) is 24.2 Å². The lowest BCUT2D eigenvalue weighted by molar-refractivity contribution is 0.0193. The third kappa shape index (κ3) is 3.94. The zero-order chi connectivity index (χ0) is 17.8. The Bertz CT molecular complexity index is 687. The van der Waals surface area contributed by atoms with Crippen molar-refractivity contribution in [2.75, 3.05) is 33.4 Å². The summed E-state index contributed by atoms with van der Waals surface area (Å²) in [6, 6.07) is 12.5. The van der Waals surface area contributed by atoms with E-state index in [4.69, 9.17) is 4.74 Å². The molecule has 5 nitrogen and oxygen atoms in total. The molecular weight excluding hydrogens is 314 g/mol. The van der Waals surface area contributed by atoms with E-state index < -0.39 is 0 Å². The molecule has 1 aromatic carbocycles. The van der Waals surface area contributed by atoms with Crippen molar-refractivity contribution < 1.29 is 9.53 Å². The van der Waals surface area contributed by atoms with E-state index in [2.05, 4.69) is 18.7 Å². The first kappa shape index (κ1) is 17.7. The number of rotatable bonds is 5. The molecule has 3 rings (SSSR count).